The summed E-state index contributed by atoms with van der Waals surface area (Å²) in [6, 6.07) is 0. The van der Waals surface area contributed by atoms with Gasteiger partial charge in [-0.15, -0.1) is 0 Å². The van der Waals surface area contributed by atoms with Crippen LogP contribution in [0.3, 0.4) is 0 Å². The molecule has 0 bridgehead atoms. The van der Waals surface area contributed by atoms with Gasteiger partial charge in [-0.1, -0.05) is 0 Å². The molecule has 40 valence electrons. The van der Waals surface area contributed by atoms with Gasteiger partial charge in [0.2, 0.25) is 0 Å². The third-order valence-corrected chi connectivity index (χ3v) is 5.09. The molecule has 0 nitrogen and oxygen atoms in total. The second kappa shape index (κ2) is 2.75. The molecule has 1 heterocycles. The molecule has 1 aliphatic rings. The summed E-state index contributed by atoms with van der Waals surface area (Å²) in [5.74, 6) is 1.09. The van der Waals surface area contributed by atoms with Gasteiger partial charge in [0, 0.05) is 0 Å². The van der Waals surface area contributed by atoms with Gasteiger partial charge in [-0.25, -0.2) is 0 Å². The first-order valence-electron chi connectivity index (χ1n) is 3.10. The van der Waals surface area contributed by atoms with Crippen molar-refractivity contribution < 1.29 is 0 Å². The van der Waals surface area contributed by atoms with E-state index in [0.717, 1.165) is 5.92 Å². The minimum absolute atomic E-state index is 0.564. The van der Waals surface area contributed by atoms with E-state index >= 15 is 0 Å². The zero-order chi connectivity index (χ0) is 5.11. The molecule has 0 aromatic rings. The maximum atomic E-state index is 2.39. The molecule has 1 atom stereocenters. The van der Waals surface area contributed by atoms with E-state index in [1.54, 1.807) is 16.9 Å². The van der Waals surface area contributed by atoms with Crippen molar-refractivity contribution in [2.45, 2.75) is 30.3 Å². The van der Waals surface area contributed by atoms with Crippen LogP contribution in [0.2, 0.25) is 10.5 Å². The van der Waals surface area contributed by atoms with E-state index in [-0.39, 0.29) is 0 Å². The van der Waals surface area contributed by atoms with E-state index in [4.69, 9.17) is 0 Å². The van der Waals surface area contributed by atoms with E-state index in [1.807, 2.05) is 0 Å². The fourth-order valence-electron chi connectivity index (χ4n) is 1.03. The van der Waals surface area contributed by atoms with Gasteiger partial charge in [0.05, 0.1) is 0 Å². The van der Waals surface area contributed by atoms with Crippen molar-refractivity contribution in [3.63, 3.8) is 0 Å². The minimum atomic E-state index is 0.564. The normalized spacial score (nSPS) is 33.0. The zero-order valence-corrected chi connectivity index (χ0v) is 7.00. The Morgan fingerprint density at radius 1 is 1.57 bits per heavy atom. The second-order valence-corrected chi connectivity index (χ2v) is 5.41. The summed E-state index contributed by atoms with van der Waals surface area (Å²) in [7, 11) is 0. The molecule has 0 aromatic heterocycles. The first-order chi connectivity index (χ1) is 3.39. The molecule has 0 N–H and O–H groups in total. The zero-order valence-electron chi connectivity index (χ0n) is 4.91. The van der Waals surface area contributed by atoms with E-state index in [0.29, 0.717) is 15.4 Å². The van der Waals surface area contributed by atoms with Crippen LogP contribution in [0.4, 0.5) is 0 Å². The van der Waals surface area contributed by atoms with Crippen molar-refractivity contribution in [1.29, 1.82) is 0 Å². The molecule has 1 unspecified atom stereocenters. The monoisotopic (exact) mass is 158 g/mol. The quantitative estimate of drug-likeness (QED) is 0.471. The van der Waals surface area contributed by atoms with Gasteiger partial charge in [-0.3, -0.25) is 0 Å². The van der Waals surface area contributed by atoms with Gasteiger partial charge in [0.25, 0.3) is 0 Å². The SMILES string of the molecule is CC1CC[CH2][Ge][CH2]1. The van der Waals surface area contributed by atoms with Crippen molar-refractivity contribution in [3.8, 4) is 0 Å². The summed E-state index contributed by atoms with van der Waals surface area (Å²) in [4.78, 5) is 0. The van der Waals surface area contributed by atoms with Gasteiger partial charge in [-0.05, 0) is 0 Å². The van der Waals surface area contributed by atoms with Crippen LogP contribution in [0.1, 0.15) is 19.8 Å². The predicted octanol–water partition coefficient (Wildman–Crippen LogP) is 1.96. The fourth-order valence-corrected chi connectivity index (χ4v) is 3.87. The average Bonchev–Trinajstić information content (AvgIpc) is 1.69. The summed E-state index contributed by atoms with van der Waals surface area (Å²) < 4.78 is 0. The van der Waals surface area contributed by atoms with Gasteiger partial charge in [0.1, 0.15) is 0 Å². The van der Waals surface area contributed by atoms with E-state index in [9.17, 15) is 0 Å². The molecule has 0 amide bonds. The molecule has 1 fully saturated rings. The standard InChI is InChI=1S/C6H12Ge/c1-6-3-2-4-7-5-6/h6H,2-5H2,1H3. The van der Waals surface area contributed by atoms with Gasteiger partial charge < -0.3 is 0 Å². The molecule has 7 heavy (non-hydrogen) atoms. The molecule has 1 aliphatic heterocycles. The van der Waals surface area contributed by atoms with Crippen LogP contribution in [0.25, 0.3) is 0 Å². The molecule has 0 aromatic carbocycles. The van der Waals surface area contributed by atoms with Crippen molar-refractivity contribution >= 4 is 15.4 Å². The van der Waals surface area contributed by atoms with Crippen molar-refractivity contribution in [1.82, 2.24) is 0 Å². The van der Waals surface area contributed by atoms with Gasteiger partial charge in [-0.2, -0.15) is 0 Å². The van der Waals surface area contributed by atoms with Crippen LogP contribution >= 0.6 is 0 Å². The number of rotatable bonds is 0. The molecule has 2 radical (unpaired) electrons. The first kappa shape index (κ1) is 5.68. The summed E-state index contributed by atoms with van der Waals surface area (Å²) >= 11 is 0.564. The summed E-state index contributed by atoms with van der Waals surface area (Å²) in [5.41, 5.74) is 0. The summed E-state index contributed by atoms with van der Waals surface area (Å²) in [6.45, 7) is 2.39. The number of hydrogen-bond donors (Lipinski definition) is 0. The predicted molar refractivity (Wildman–Crippen MR) is 33.8 cm³/mol. The molecule has 1 rings (SSSR count). The average molecular weight is 157 g/mol. The van der Waals surface area contributed by atoms with E-state index < -0.39 is 0 Å². The Morgan fingerprint density at radius 2 is 2.43 bits per heavy atom. The fraction of sp³-hybridized carbons (Fsp3) is 1.00. The van der Waals surface area contributed by atoms with Crippen LogP contribution in [-0.2, 0) is 0 Å². The number of hydrogen-bond acceptors (Lipinski definition) is 0. The molecule has 0 spiro atoms. The second-order valence-electron chi connectivity index (χ2n) is 2.45. The van der Waals surface area contributed by atoms with E-state index in [2.05, 4.69) is 6.92 Å². The molecular formula is C6H12Ge. The third-order valence-electron chi connectivity index (χ3n) is 1.54. The Hall–Kier alpha value is 0.543. The first-order valence-corrected chi connectivity index (χ1v) is 6.07. The molecular weight excluding hydrogens is 145 g/mol. The molecule has 0 saturated carbocycles. The van der Waals surface area contributed by atoms with Crippen LogP contribution in [-0.4, -0.2) is 15.4 Å². The van der Waals surface area contributed by atoms with E-state index in [1.165, 1.54) is 6.42 Å². The van der Waals surface area contributed by atoms with Crippen LogP contribution < -0.4 is 0 Å². The maximum absolute atomic E-state index is 2.39. The van der Waals surface area contributed by atoms with Gasteiger partial charge >= 0.3 is 51.6 Å². The van der Waals surface area contributed by atoms with Crippen molar-refractivity contribution in [2.24, 2.45) is 5.92 Å². The molecule has 1 heteroatoms. The van der Waals surface area contributed by atoms with Crippen LogP contribution in [0.15, 0.2) is 0 Å². The summed E-state index contributed by atoms with van der Waals surface area (Å²) in [6.07, 6.45) is 3.06. The van der Waals surface area contributed by atoms with Crippen LogP contribution in [0, 0.1) is 5.92 Å². The Kier molecular flexibility index (Phi) is 2.23. The van der Waals surface area contributed by atoms with Crippen molar-refractivity contribution in [3.05, 3.63) is 0 Å². The van der Waals surface area contributed by atoms with Crippen LogP contribution in [0.5, 0.6) is 0 Å². The Morgan fingerprint density at radius 3 is 2.71 bits per heavy atom. The Labute approximate surface area is 52.2 Å². The third kappa shape index (κ3) is 1.85. The Balaban J connectivity index is 2.12. The summed E-state index contributed by atoms with van der Waals surface area (Å²) in [5, 5.41) is 3.23. The molecule has 1 saturated heterocycles. The molecule has 0 aliphatic carbocycles. The van der Waals surface area contributed by atoms with Crippen molar-refractivity contribution in [2.75, 3.05) is 0 Å². The topological polar surface area (TPSA) is 0 Å². The Bertz CT molecular complexity index is 46.1. The van der Waals surface area contributed by atoms with Gasteiger partial charge in [0.15, 0.2) is 0 Å².